The first kappa shape index (κ1) is 25.5. The highest BCUT2D eigenvalue weighted by Crippen LogP contribution is 2.51. The summed E-state index contributed by atoms with van der Waals surface area (Å²) < 4.78 is 41.2. The van der Waals surface area contributed by atoms with E-state index in [9.17, 15) is 13.2 Å². The van der Waals surface area contributed by atoms with E-state index in [2.05, 4.69) is 33.7 Å². The highest BCUT2D eigenvalue weighted by molar-refractivity contribution is 7.99. The molecule has 1 saturated heterocycles. The second-order valence-corrected chi connectivity index (χ2v) is 10.5. The number of rotatable bonds is 5. The maximum atomic E-state index is 13.7. The van der Waals surface area contributed by atoms with E-state index in [4.69, 9.17) is 5.73 Å². The molecule has 2 aromatic carbocycles. The maximum absolute atomic E-state index is 13.7. The number of hydrogen-bond donors (Lipinski definition) is 3. The van der Waals surface area contributed by atoms with Gasteiger partial charge in [0, 0.05) is 42.0 Å². The van der Waals surface area contributed by atoms with Crippen LogP contribution in [0.4, 0.5) is 30.2 Å². The van der Waals surface area contributed by atoms with Crippen LogP contribution in [-0.4, -0.2) is 37.1 Å². The number of anilines is 3. The summed E-state index contributed by atoms with van der Waals surface area (Å²) in [7, 11) is 0. The molecule has 0 radical (unpaired) electrons. The van der Waals surface area contributed by atoms with Gasteiger partial charge in [-0.2, -0.15) is 13.2 Å². The zero-order chi connectivity index (χ0) is 23.0. The molecule has 2 aliphatic heterocycles. The van der Waals surface area contributed by atoms with E-state index < -0.39 is 11.7 Å². The Hall–Kier alpha value is -1.61. The number of likely N-dealkylation sites (tertiary alicyclic amines) is 1. The third-order valence-electron chi connectivity index (χ3n) is 7.13. The van der Waals surface area contributed by atoms with Gasteiger partial charge in [-0.3, -0.25) is 0 Å². The monoisotopic (exact) mass is 512 g/mol. The molecule has 0 unspecified atom stereocenters. The summed E-state index contributed by atoms with van der Waals surface area (Å²) in [6.45, 7) is 3.31. The summed E-state index contributed by atoms with van der Waals surface area (Å²) in [5, 5.41) is 6.88. The molecule has 2 fully saturated rings. The van der Waals surface area contributed by atoms with Gasteiger partial charge in [-0.1, -0.05) is 30.7 Å². The first-order valence-corrected chi connectivity index (χ1v) is 12.8. The number of piperidine rings is 1. The van der Waals surface area contributed by atoms with E-state index >= 15 is 0 Å². The molecule has 0 atom stereocenters. The fourth-order valence-corrected chi connectivity index (χ4v) is 6.41. The summed E-state index contributed by atoms with van der Waals surface area (Å²) in [6, 6.07) is 9.13. The molecule has 4 N–H and O–H groups in total. The molecule has 2 heterocycles. The molecule has 1 aliphatic carbocycles. The second-order valence-electron chi connectivity index (χ2n) is 9.41. The Morgan fingerprint density at radius 1 is 1.03 bits per heavy atom. The van der Waals surface area contributed by atoms with Crippen molar-refractivity contribution < 1.29 is 13.2 Å². The highest BCUT2D eigenvalue weighted by atomic mass is 35.5. The minimum atomic E-state index is -4.39. The Morgan fingerprint density at radius 3 is 2.44 bits per heavy atom. The van der Waals surface area contributed by atoms with E-state index in [1.165, 1.54) is 55.1 Å². The van der Waals surface area contributed by atoms with Crippen LogP contribution in [0.3, 0.4) is 0 Å². The Balaban J connectivity index is 0.00000274. The van der Waals surface area contributed by atoms with Crippen molar-refractivity contribution in [3.8, 4) is 0 Å². The molecule has 0 aromatic heterocycles. The normalized spacial score (nSPS) is 19.2. The molecule has 5 rings (SSSR count). The Kier molecular flexibility index (Phi) is 7.92. The van der Waals surface area contributed by atoms with Crippen molar-refractivity contribution in [2.45, 2.75) is 66.5 Å². The van der Waals surface area contributed by atoms with Crippen molar-refractivity contribution in [3.63, 3.8) is 0 Å². The van der Waals surface area contributed by atoms with Gasteiger partial charge in [0.05, 0.1) is 22.6 Å². The van der Waals surface area contributed by atoms with Gasteiger partial charge in [0.2, 0.25) is 0 Å². The lowest BCUT2D eigenvalue weighted by molar-refractivity contribution is -0.137. The highest BCUT2D eigenvalue weighted by Gasteiger charge is 2.34. The van der Waals surface area contributed by atoms with Crippen molar-refractivity contribution >= 4 is 41.2 Å². The predicted molar refractivity (Wildman–Crippen MR) is 136 cm³/mol. The average molecular weight is 513 g/mol. The first-order valence-electron chi connectivity index (χ1n) is 11.9. The Labute approximate surface area is 209 Å². The lowest BCUT2D eigenvalue weighted by Gasteiger charge is -2.34. The van der Waals surface area contributed by atoms with Crippen LogP contribution in [0.15, 0.2) is 40.1 Å². The Bertz CT molecular complexity index is 1000. The number of fused-ring (bicyclic) bond motifs is 2. The van der Waals surface area contributed by atoms with Gasteiger partial charge in [-0.05, 0) is 61.4 Å². The summed E-state index contributed by atoms with van der Waals surface area (Å²) in [5.74, 6) is 0.571. The average Bonchev–Trinajstić information content (AvgIpc) is 3.33. The molecule has 0 amide bonds. The number of alkyl halides is 3. The van der Waals surface area contributed by atoms with Crippen LogP contribution in [0, 0.1) is 0 Å². The van der Waals surface area contributed by atoms with Gasteiger partial charge in [0.15, 0.2) is 0 Å². The van der Waals surface area contributed by atoms with E-state index in [0.717, 1.165) is 48.7 Å². The van der Waals surface area contributed by atoms with E-state index in [0.29, 0.717) is 23.0 Å². The predicted octanol–water partition coefficient (Wildman–Crippen LogP) is 6.83. The molecule has 0 bridgehead atoms. The summed E-state index contributed by atoms with van der Waals surface area (Å²) >= 11 is 1.44. The fraction of sp³-hybridized carbons (Fsp3) is 0.520. The largest absolute Gasteiger partial charge is 0.416 e. The molecule has 1 saturated carbocycles. The quantitative estimate of drug-likeness (QED) is 0.350. The van der Waals surface area contributed by atoms with E-state index in [1.54, 1.807) is 0 Å². The Morgan fingerprint density at radius 2 is 1.76 bits per heavy atom. The number of hydrogen-bond acceptors (Lipinski definition) is 5. The number of nitrogens with two attached hydrogens (primary N) is 1. The van der Waals surface area contributed by atoms with Crippen LogP contribution in [0.1, 0.15) is 55.6 Å². The molecule has 4 nitrogen and oxygen atoms in total. The molecule has 34 heavy (non-hydrogen) atoms. The smallest absolute Gasteiger partial charge is 0.380 e. The van der Waals surface area contributed by atoms with Crippen LogP contribution >= 0.6 is 24.2 Å². The maximum Gasteiger partial charge on any atom is 0.416 e. The lowest BCUT2D eigenvalue weighted by Crippen LogP contribution is -2.41. The fourth-order valence-electron chi connectivity index (χ4n) is 5.30. The molecule has 2 aromatic rings. The number of nitrogens with zero attached hydrogens (tertiary/aromatic N) is 1. The van der Waals surface area contributed by atoms with Crippen molar-refractivity contribution in [1.29, 1.82) is 0 Å². The molecule has 186 valence electrons. The van der Waals surface area contributed by atoms with Crippen LogP contribution in [0.2, 0.25) is 0 Å². The molecule has 9 heteroatoms. The van der Waals surface area contributed by atoms with Gasteiger partial charge in [-0.15, -0.1) is 12.4 Å². The summed E-state index contributed by atoms with van der Waals surface area (Å²) in [6.07, 6.45) is 2.30. The SMILES string of the molecule is Cl.NCCN1CCC(Nc2cc(C(F)(F)F)cc3c2Nc2ccc(C4CCCC4)cc2S3)CC1. The van der Waals surface area contributed by atoms with Gasteiger partial charge in [0.1, 0.15) is 0 Å². The minimum Gasteiger partial charge on any atom is -0.380 e. The van der Waals surface area contributed by atoms with Gasteiger partial charge < -0.3 is 21.3 Å². The summed E-state index contributed by atoms with van der Waals surface area (Å²) in [4.78, 5) is 3.95. The zero-order valence-corrected chi connectivity index (χ0v) is 20.7. The van der Waals surface area contributed by atoms with Crippen molar-refractivity contribution in [2.75, 3.05) is 36.8 Å². The first-order chi connectivity index (χ1) is 15.9. The minimum absolute atomic E-state index is 0. The van der Waals surface area contributed by atoms with Crippen LogP contribution in [-0.2, 0) is 6.18 Å². The van der Waals surface area contributed by atoms with Crippen molar-refractivity contribution in [2.24, 2.45) is 5.73 Å². The van der Waals surface area contributed by atoms with Crippen molar-refractivity contribution in [1.82, 2.24) is 4.90 Å². The second kappa shape index (κ2) is 10.6. The number of nitrogens with one attached hydrogen (secondary N) is 2. The van der Waals surface area contributed by atoms with Gasteiger partial charge >= 0.3 is 6.18 Å². The molecule has 0 spiro atoms. The van der Waals surface area contributed by atoms with Gasteiger partial charge in [0.25, 0.3) is 0 Å². The van der Waals surface area contributed by atoms with Crippen LogP contribution in [0.25, 0.3) is 0 Å². The third-order valence-corrected chi connectivity index (χ3v) is 8.23. The topological polar surface area (TPSA) is 53.3 Å². The standard InChI is InChI=1S/C25H31F3N4S.ClH/c26-25(27,28)18-14-21(30-19-7-10-32(11-8-19)12-9-29)24-23(15-18)33-22-13-17(5-6-20(22)31-24)16-3-1-2-4-16;/h5-6,13-16,19,30-31H,1-4,7-12,29H2;1H. The molecular formula is C25H32ClF3N4S. The van der Waals surface area contributed by atoms with Gasteiger partial charge in [-0.25, -0.2) is 0 Å². The summed E-state index contributed by atoms with van der Waals surface area (Å²) in [5.41, 5.74) is 8.62. The number of halogens is 4. The van der Waals surface area contributed by atoms with E-state index in [1.807, 2.05) is 0 Å². The molecular weight excluding hydrogens is 481 g/mol. The van der Waals surface area contributed by atoms with Crippen LogP contribution in [0.5, 0.6) is 0 Å². The third kappa shape index (κ3) is 5.45. The number of benzene rings is 2. The zero-order valence-electron chi connectivity index (χ0n) is 19.1. The van der Waals surface area contributed by atoms with Crippen molar-refractivity contribution in [3.05, 3.63) is 41.5 Å². The lowest BCUT2D eigenvalue weighted by atomic mass is 9.97. The van der Waals surface area contributed by atoms with Crippen LogP contribution < -0.4 is 16.4 Å². The van der Waals surface area contributed by atoms with E-state index in [-0.39, 0.29) is 18.4 Å². The molecule has 3 aliphatic rings.